The van der Waals surface area contributed by atoms with Gasteiger partial charge in [0.2, 0.25) is 0 Å². The van der Waals surface area contributed by atoms with Crippen molar-refractivity contribution >= 4 is 17.3 Å². The lowest BCUT2D eigenvalue weighted by Crippen LogP contribution is -2.29. The number of halogens is 1. The first-order chi connectivity index (χ1) is 8.15. The second-order valence-electron chi connectivity index (χ2n) is 5.03. The third-order valence-electron chi connectivity index (χ3n) is 3.62. The molecule has 1 fully saturated rings. The maximum Gasteiger partial charge on any atom is 0.0540 e. The van der Waals surface area contributed by atoms with Crippen molar-refractivity contribution < 1.29 is 5.11 Å². The molecule has 0 saturated heterocycles. The summed E-state index contributed by atoms with van der Waals surface area (Å²) in [5.41, 5.74) is 1.21. The van der Waals surface area contributed by atoms with Gasteiger partial charge in [0.15, 0.2) is 0 Å². The van der Waals surface area contributed by atoms with Crippen molar-refractivity contribution in [2.24, 2.45) is 5.92 Å². The zero-order chi connectivity index (χ0) is 12.3. The van der Waals surface area contributed by atoms with Crippen LogP contribution in [0.15, 0.2) is 24.3 Å². The summed E-state index contributed by atoms with van der Waals surface area (Å²) in [5.74, 6) is 0.707. The summed E-state index contributed by atoms with van der Waals surface area (Å²) in [7, 11) is 2.12. The van der Waals surface area contributed by atoms with Crippen LogP contribution in [0.5, 0.6) is 0 Å². The van der Waals surface area contributed by atoms with Gasteiger partial charge in [-0.2, -0.15) is 0 Å². The molecule has 0 spiro atoms. The molecule has 1 N–H and O–H groups in total. The maximum absolute atomic E-state index is 9.48. The highest BCUT2D eigenvalue weighted by Crippen LogP contribution is 2.26. The largest absolute Gasteiger partial charge is 0.393 e. The highest BCUT2D eigenvalue weighted by molar-refractivity contribution is 6.30. The molecule has 0 unspecified atom stereocenters. The molecule has 0 heterocycles. The minimum Gasteiger partial charge on any atom is -0.393 e. The van der Waals surface area contributed by atoms with Gasteiger partial charge in [-0.1, -0.05) is 11.6 Å². The summed E-state index contributed by atoms with van der Waals surface area (Å²) < 4.78 is 0. The normalized spacial score (nSPS) is 24.6. The van der Waals surface area contributed by atoms with E-state index in [1.165, 1.54) is 5.69 Å². The third kappa shape index (κ3) is 3.62. The average Bonchev–Trinajstić information content (AvgIpc) is 2.33. The van der Waals surface area contributed by atoms with Crippen LogP contribution in [0.25, 0.3) is 0 Å². The molecule has 0 aliphatic heterocycles. The number of aliphatic hydroxyl groups is 1. The highest BCUT2D eigenvalue weighted by Gasteiger charge is 2.20. The zero-order valence-corrected chi connectivity index (χ0v) is 11.0. The fraction of sp³-hybridized carbons (Fsp3) is 0.571. The van der Waals surface area contributed by atoms with Gasteiger partial charge in [-0.3, -0.25) is 0 Å². The quantitative estimate of drug-likeness (QED) is 0.893. The van der Waals surface area contributed by atoms with E-state index in [1.54, 1.807) is 0 Å². The van der Waals surface area contributed by atoms with Crippen molar-refractivity contribution in [2.75, 3.05) is 18.5 Å². The molecule has 2 nitrogen and oxygen atoms in total. The van der Waals surface area contributed by atoms with E-state index in [2.05, 4.69) is 24.1 Å². The number of benzene rings is 1. The molecule has 3 heteroatoms. The van der Waals surface area contributed by atoms with Crippen LogP contribution in [0.2, 0.25) is 5.02 Å². The van der Waals surface area contributed by atoms with Crippen LogP contribution in [-0.2, 0) is 0 Å². The number of anilines is 1. The van der Waals surface area contributed by atoms with Crippen LogP contribution in [0, 0.1) is 5.92 Å². The minimum absolute atomic E-state index is 0.0629. The fourth-order valence-corrected chi connectivity index (χ4v) is 2.64. The summed E-state index contributed by atoms with van der Waals surface area (Å²) in [6.07, 6.45) is 4.13. The summed E-state index contributed by atoms with van der Waals surface area (Å²) in [6, 6.07) is 7.97. The van der Waals surface area contributed by atoms with Gasteiger partial charge in [-0.25, -0.2) is 0 Å². The molecule has 1 aliphatic rings. The van der Waals surface area contributed by atoms with Crippen molar-refractivity contribution in [3.8, 4) is 0 Å². The van der Waals surface area contributed by atoms with Gasteiger partial charge in [0, 0.05) is 24.3 Å². The Morgan fingerprint density at radius 2 is 1.76 bits per heavy atom. The number of rotatable bonds is 3. The van der Waals surface area contributed by atoms with E-state index >= 15 is 0 Å². The Labute approximate surface area is 108 Å². The van der Waals surface area contributed by atoms with Gasteiger partial charge >= 0.3 is 0 Å². The Balaban J connectivity index is 1.88. The number of nitrogens with zero attached hydrogens (tertiary/aromatic N) is 1. The molecular formula is C14H20ClNO. The molecule has 94 valence electrons. The topological polar surface area (TPSA) is 23.5 Å². The molecular weight excluding hydrogens is 234 g/mol. The predicted molar refractivity (Wildman–Crippen MR) is 72.7 cm³/mol. The van der Waals surface area contributed by atoms with Crippen LogP contribution in [0.4, 0.5) is 5.69 Å². The standard InChI is InChI=1S/C14H20ClNO/c1-16(13-6-4-12(15)5-7-13)10-11-2-8-14(17)9-3-11/h4-7,11,14,17H,2-3,8-10H2,1H3. The van der Waals surface area contributed by atoms with Crippen molar-refractivity contribution in [3.63, 3.8) is 0 Å². The number of aliphatic hydroxyl groups excluding tert-OH is 1. The first-order valence-electron chi connectivity index (χ1n) is 6.30. The average molecular weight is 254 g/mol. The van der Waals surface area contributed by atoms with Crippen LogP contribution < -0.4 is 4.90 Å². The Hall–Kier alpha value is -0.730. The highest BCUT2D eigenvalue weighted by atomic mass is 35.5. The monoisotopic (exact) mass is 253 g/mol. The summed E-state index contributed by atoms with van der Waals surface area (Å²) in [5, 5.41) is 10.3. The molecule has 0 amide bonds. The van der Waals surface area contributed by atoms with E-state index in [0.29, 0.717) is 5.92 Å². The summed E-state index contributed by atoms with van der Waals surface area (Å²) >= 11 is 5.88. The van der Waals surface area contributed by atoms with Gasteiger partial charge in [-0.05, 0) is 55.9 Å². The molecule has 0 radical (unpaired) electrons. The van der Waals surface area contributed by atoms with Crippen LogP contribution in [0.1, 0.15) is 25.7 Å². The lowest BCUT2D eigenvalue weighted by atomic mass is 9.87. The van der Waals surface area contributed by atoms with Crippen molar-refractivity contribution in [1.29, 1.82) is 0 Å². The molecule has 2 rings (SSSR count). The first kappa shape index (κ1) is 12.7. The van der Waals surface area contributed by atoms with E-state index in [1.807, 2.05) is 12.1 Å². The Morgan fingerprint density at radius 1 is 1.18 bits per heavy atom. The second-order valence-corrected chi connectivity index (χ2v) is 5.47. The van der Waals surface area contributed by atoms with Gasteiger partial charge in [0.05, 0.1) is 6.10 Å². The van der Waals surface area contributed by atoms with Gasteiger partial charge in [0.25, 0.3) is 0 Å². The number of hydrogen-bond acceptors (Lipinski definition) is 2. The van der Waals surface area contributed by atoms with Gasteiger partial charge < -0.3 is 10.0 Å². The summed E-state index contributed by atoms with van der Waals surface area (Å²) in [4.78, 5) is 2.28. The van der Waals surface area contributed by atoms with Crippen molar-refractivity contribution in [2.45, 2.75) is 31.8 Å². The van der Waals surface area contributed by atoms with E-state index in [9.17, 15) is 5.11 Å². The molecule has 1 aromatic rings. The van der Waals surface area contributed by atoms with Gasteiger partial charge in [0.1, 0.15) is 0 Å². The molecule has 1 aromatic carbocycles. The Kier molecular flexibility index (Phi) is 4.30. The van der Waals surface area contributed by atoms with Crippen LogP contribution in [-0.4, -0.2) is 24.8 Å². The minimum atomic E-state index is -0.0629. The number of hydrogen-bond donors (Lipinski definition) is 1. The van der Waals surface area contributed by atoms with Crippen LogP contribution >= 0.6 is 11.6 Å². The summed E-state index contributed by atoms with van der Waals surface area (Å²) in [6.45, 7) is 1.06. The first-order valence-corrected chi connectivity index (χ1v) is 6.67. The van der Waals surface area contributed by atoms with E-state index in [0.717, 1.165) is 37.3 Å². The Bertz CT molecular complexity index is 344. The Morgan fingerprint density at radius 3 is 2.35 bits per heavy atom. The van der Waals surface area contributed by atoms with Crippen molar-refractivity contribution in [3.05, 3.63) is 29.3 Å². The lowest BCUT2D eigenvalue weighted by molar-refractivity contribution is 0.110. The van der Waals surface area contributed by atoms with E-state index in [4.69, 9.17) is 11.6 Å². The van der Waals surface area contributed by atoms with Crippen molar-refractivity contribution in [1.82, 2.24) is 0 Å². The molecule has 1 aliphatic carbocycles. The van der Waals surface area contributed by atoms with E-state index in [-0.39, 0.29) is 6.10 Å². The maximum atomic E-state index is 9.48. The predicted octanol–water partition coefficient (Wildman–Crippen LogP) is 3.33. The molecule has 0 atom stereocenters. The smallest absolute Gasteiger partial charge is 0.0540 e. The molecule has 1 saturated carbocycles. The zero-order valence-electron chi connectivity index (χ0n) is 10.3. The molecule has 0 bridgehead atoms. The second kappa shape index (κ2) is 5.74. The molecule has 0 aromatic heterocycles. The van der Waals surface area contributed by atoms with Crippen LogP contribution in [0.3, 0.4) is 0 Å². The molecule has 17 heavy (non-hydrogen) atoms. The van der Waals surface area contributed by atoms with Gasteiger partial charge in [-0.15, -0.1) is 0 Å². The SMILES string of the molecule is CN(CC1CCC(O)CC1)c1ccc(Cl)cc1. The fourth-order valence-electron chi connectivity index (χ4n) is 2.52. The third-order valence-corrected chi connectivity index (χ3v) is 3.87. The van der Waals surface area contributed by atoms with E-state index < -0.39 is 0 Å². The lowest BCUT2D eigenvalue weighted by Gasteiger charge is -2.30.